The van der Waals surface area contributed by atoms with Crippen molar-refractivity contribution in [2.24, 2.45) is 0 Å². The van der Waals surface area contributed by atoms with Gasteiger partial charge in [0, 0.05) is 6.42 Å². The summed E-state index contributed by atoms with van der Waals surface area (Å²) in [6, 6.07) is 10.8. The third kappa shape index (κ3) is 5.85. The Kier molecular flexibility index (Phi) is 7.92. The van der Waals surface area contributed by atoms with Crippen LogP contribution >= 0.6 is 0 Å². The second kappa shape index (κ2) is 10.3. The van der Waals surface area contributed by atoms with Crippen LogP contribution in [0.4, 0.5) is 0 Å². The molecule has 0 fully saturated rings. The summed E-state index contributed by atoms with van der Waals surface area (Å²) >= 11 is 0. The quantitative estimate of drug-likeness (QED) is 0.401. The minimum atomic E-state index is 0.989. The minimum absolute atomic E-state index is 0.989. The number of aryl methyl sites for hydroxylation is 1. The average molecular weight is 314 g/mol. The molecule has 1 aromatic carbocycles. The molecule has 2 aromatic rings. The molecule has 1 heterocycles. The van der Waals surface area contributed by atoms with Gasteiger partial charge in [-0.2, -0.15) is 0 Å². The van der Waals surface area contributed by atoms with Crippen LogP contribution in [0.1, 0.15) is 70.2 Å². The van der Waals surface area contributed by atoms with E-state index in [0.717, 1.165) is 6.54 Å². The number of unbranched alkanes of at least 4 members (excludes halogenated alkanes) is 5. The van der Waals surface area contributed by atoms with E-state index in [1.807, 2.05) is 0 Å². The first kappa shape index (κ1) is 17.8. The molecule has 0 spiro atoms. The third-order valence-electron chi connectivity index (χ3n) is 4.54. The maximum absolute atomic E-state index is 2.49. The highest BCUT2D eigenvalue weighted by Crippen LogP contribution is 2.09. The molecule has 0 bridgehead atoms. The molecule has 126 valence electrons. The molecule has 0 radical (unpaired) electrons. The highest BCUT2D eigenvalue weighted by atomic mass is 15.1. The lowest BCUT2D eigenvalue weighted by Gasteiger charge is -2.06. The molecule has 0 aliphatic carbocycles. The summed E-state index contributed by atoms with van der Waals surface area (Å²) in [5.74, 6) is 1.49. The summed E-state index contributed by atoms with van der Waals surface area (Å²) in [7, 11) is 0. The number of imidazole rings is 1. The zero-order valence-corrected chi connectivity index (χ0v) is 15.0. The molecule has 23 heavy (non-hydrogen) atoms. The average Bonchev–Trinajstić information content (AvgIpc) is 2.95. The van der Waals surface area contributed by atoms with Crippen LogP contribution in [0.15, 0.2) is 42.7 Å². The fraction of sp³-hybridized carbons (Fsp3) is 0.571. The molecular formula is C21H33N2+. The molecule has 2 nitrogen and oxygen atoms in total. The first-order valence-electron chi connectivity index (χ1n) is 9.46. The van der Waals surface area contributed by atoms with Crippen molar-refractivity contribution in [1.82, 2.24) is 4.57 Å². The van der Waals surface area contributed by atoms with Crippen molar-refractivity contribution >= 4 is 0 Å². The number of aromatic nitrogens is 2. The summed E-state index contributed by atoms with van der Waals surface area (Å²) in [6.07, 6.45) is 15.0. The van der Waals surface area contributed by atoms with Gasteiger partial charge in [-0.1, -0.05) is 69.9 Å². The van der Waals surface area contributed by atoms with Gasteiger partial charge >= 0.3 is 0 Å². The summed E-state index contributed by atoms with van der Waals surface area (Å²) in [5.41, 5.74) is 1.39. The predicted octanol–water partition coefficient (Wildman–Crippen LogP) is 5.14. The summed E-state index contributed by atoms with van der Waals surface area (Å²) in [5, 5.41) is 0. The van der Waals surface area contributed by atoms with Crippen molar-refractivity contribution in [3.63, 3.8) is 0 Å². The molecule has 0 atom stereocenters. The normalized spacial score (nSPS) is 11.0. The van der Waals surface area contributed by atoms with Gasteiger partial charge in [0.2, 0.25) is 0 Å². The number of rotatable bonds is 11. The Bertz CT molecular complexity index is 542. The first-order valence-corrected chi connectivity index (χ1v) is 9.46. The van der Waals surface area contributed by atoms with Gasteiger partial charge in [0.1, 0.15) is 18.9 Å². The van der Waals surface area contributed by atoms with E-state index in [1.165, 1.54) is 69.3 Å². The second-order valence-corrected chi connectivity index (χ2v) is 6.54. The van der Waals surface area contributed by atoms with Gasteiger partial charge in [-0.15, -0.1) is 0 Å². The van der Waals surface area contributed by atoms with Crippen LogP contribution in [-0.4, -0.2) is 4.57 Å². The van der Waals surface area contributed by atoms with Crippen LogP contribution in [0.25, 0.3) is 0 Å². The van der Waals surface area contributed by atoms with Crippen LogP contribution in [0.5, 0.6) is 0 Å². The predicted molar refractivity (Wildman–Crippen MR) is 97.5 cm³/mol. The van der Waals surface area contributed by atoms with E-state index in [2.05, 4.69) is 65.7 Å². The fourth-order valence-corrected chi connectivity index (χ4v) is 3.13. The monoisotopic (exact) mass is 313 g/mol. The van der Waals surface area contributed by atoms with Crippen molar-refractivity contribution in [2.45, 2.75) is 78.3 Å². The number of nitrogens with zero attached hydrogens (tertiary/aromatic N) is 2. The molecule has 2 rings (SSSR count). The lowest BCUT2D eigenvalue weighted by atomic mass is 10.1. The van der Waals surface area contributed by atoms with Crippen LogP contribution in [0.2, 0.25) is 0 Å². The Hall–Kier alpha value is -1.57. The summed E-state index contributed by atoms with van der Waals surface area (Å²) in [6.45, 7) is 6.72. The molecule has 0 saturated heterocycles. The standard InChI is InChI=1S/C21H33N2/c1-3-5-7-8-12-16-22-17-18-23(21(22)15-6-4-2)19-20-13-10-9-11-14-20/h9-11,13-14,17-18H,3-8,12,15-16,19H2,1-2H3/q+1. The molecule has 0 aliphatic heterocycles. The van der Waals surface area contributed by atoms with Crippen molar-refractivity contribution in [2.75, 3.05) is 0 Å². The van der Waals surface area contributed by atoms with Crippen molar-refractivity contribution in [3.05, 3.63) is 54.1 Å². The molecule has 1 aromatic heterocycles. The molecule has 0 amide bonds. The van der Waals surface area contributed by atoms with E-state index in [1.54, 1.807) is 0 Å². The molecule has 0 unspecified atom stereocenters. The SMILES string of the molecule is CCCCCCCn1cc[n+](Cc2ccccc2)c1CCCC. The molecule has 0 N–H and O–H groups in total. The largest absolute Gasteiger partial charge is 0.256 e. The maximum atomic E-state index is 2.49. The van der Waals surface area contributed by atoms with Crippen LogP contribution in [0.3, 0.4) is 0 Å². The fourth-order valence-electron chi connectivity index (χ4n) is 3.13. The van der Waals surface area contributed by atoms with Crippen LogP contribution < -0.4 is 4.57 Å². The van der Waals surface area contributed by atoms with Gasteiger partial charge in [-0.3, -0.25) is 0 Å². The van der Waals surface area contributed by atoms with Gasteiger partial charge in [0.25, 0.3) is 5.82 Å². The van der Waals surface area contributed by atoms with E-state index in [-0.39, 0.29) is 0 Å². The van der Waals surface area contributed by atoms with Crippen LogP contribution in [-0.2, 0) is 19.5 Å². The Morgan fingerprint density at radius 2 is 1.61 bits per heavy atom. The Morgan fingerprint density at radius 3 is 2.35 bits per heavy atom. The lowest BCUT2D eigenvalue weighted by Crippen LogP contribution is -2.37. The number of benzene rings is 1. The second-order valence-electron chi connectivity index (χ2n) is 6.54. The molecule has 0 aliphatic rings. The zero-order chi connectivity index (χ0) is 16.3. The van der Waals surface area contributed by atoms with Crippen molar-refractivity contribution < 1.29 is 4.57 Å². The molecule has 0 saturated carbocycles. The van der Waals surface area contributed by atoms with Crippen LogP contribution in [0, 0.1) is 0 Å². The topological polar surface area (TPSA) is 8.81 Å². The van der Waals surface area contributed by atoms with E-state index < -0.39 is 0 Å². The summed E-state index contributed by atoms with van der Waals surface area (Å²) in [4.78, 5) is 0. The zero-order valence-electron chi connectivity index (χ0n) is 15.0. The third-order valence-corrected chi connectivity index (χ3v) is 4.54. The maximum Gasteiger partial charge on any atom is 0.256 e. The lowest BCUT2D eigenvalue weighted by molar-refractivity contribution is -0.695. The number of hydrogen-bond donors (Lipinski definition) is 0. The summed E-state index contributed by atoms with van der Waals surface area (Å²) < 4.78 is 4.93. The van der Waals surface area contributed by atoms with E-state index in [9.17, 15) is 0 Å². The Balaban J connectivity index is 2.00. The van der Waals surface area contributed by atoms with E-state index in [0.29, 0.717) is 0 Å². The molecule has 2 heteroatoms. The Morgan fingerprint density at radius 1 is 0.870 bits per heavy atom. The van der Waals surface area contributed by atoms with Gasteiger partial charge in [-0.25, -0.2) is 9.13 Å². The van der Waals surface area contributed by atoms with Gasteiger partial charge < -0.3 is 0 Å². The minimum Gasteiger partial charge on any atom is -0.234 e. The number of hydrogen-bond acceptors (Lipinski definition) is 0. The van der Waals surface area contributed by atoms with Gasteiger partial charge in [-0.05, 0) is 24.8 Å². The smallest absolute Gasteiger partial charge is 0.234 e. The highest BCUT2D eigenvalue weighted by molar-refractivity contribution is 5.13. The first-order chi connectivity index (χ1) is 11.3. The van der Waals surface area contributed by atoms with E-state index >= 15 is 0 Å². The van der Waals surface area contributed by atoms with E-state index in [4.69, 9.17) is 0 Å². The van der Waals surface area contributed by atoms with Gasteiger partial charge in [0.05, 0.1) is 6.54 Å². The highest BCUT2D eigenvalue weighted by Gasteiger charge is 2.16. The Labute approximate surface area is 142 Å². The van der Waals surface area contributed by atoms with Crippen molar-refractivity contribution in [1.29, 1.82) is 0 Å². The van der Waals surface area contributed by atoms with Gasteiger partial charge in [0.15, 0.2) is 0 Å². The molecular weight excluding hydrogens is 280 g/mol. The van der Waals surface area contributed by atoms with Crippen molar-refractivity contribution in [3.8, 4) is 0 Å².